The summed E-state index contributed by atoms with van der Waals surface area (Å²) in [7, 11) is 0. The third-order valence-corrected chi connectivity index (χ3v) is 3.84. The molecule has 1 heterocycles. The van der Waals surface area contributed by atoms with E-state index in [9.17, 15) is 9.59 Å². The Morgan fingerprint density at radius 1 is 1.29 bits per heavy atom. The van der Waals surface area contributed by atoms with Crippen molar-refractivity contribution in [3.8, 4) is 5.75 Å². The highest BCUT2D eigenvalue weighted by Crippen LogP contribution is 2.27. The Morgan fingerprint density at radius 3 is 2.76 bits per heavy atom. The van der Waals surface area contributed by atoms with Crippen molar-refractivity contribution >= 4 is 52.1 Å². The van der Waals surface area contributed by atoms with Crippen LogP contribution in [0.15, 0.2) is 29.6 Å². The van der Waals surface area contributed by atoms with Crippen LogP contribution in [0.5, 0.6) is 5.75 Å². The van der Waals surface area contributed by atoms with E-state index >= 15 is 0 Å². The van der Waals surface area contributed by atoms with Crippen LogP contribution in [0.25, 0.3) is 0 Å². The number of anilines is 1. The molecule has 21 heavy (non-hydrogen) atoms. The standard InChI is InChI=1S/C13H9Cl2NO4S/c14-7-1-2-8(15)10(5-7)20-6-11(17)16-9-3-4-21-12(9)13(18)19/h1-5H,6H2,(H,16,17)(H,18,19). The zero-order valence-corrected chi connectivity index (χ0v) is 12.8. The van der Waals surface area contributed by atoms with Crippen molar-refractivity contribution in [2.75, 3.05) is 11.9 Å². The number of rotatable bonds is 5. The molecular formula is C13H9Cl2NO4S. The minimum atomic E-state index is -1.10. The van der Waals surface area contributed by atoms with E-state index in [1.165, 1.54) is 12.1 Å². The van der Waals surface area contributed by atoms with Crippen LogP contribution in [0.4, 0.5) is 5.69 Å². The van der Waals surface area contributed by atoms with Crippen LogP contribution in [0, 0.1) is 0 Å². The summed E-state index contributed by atoms with van der Waals surface area (Å²) in [5.41, 5.74) is 0.235. The van der Waals surface area contributed by atoms with Crippen molar-refractivity contribution in [1.82, 2.24) is 0 Å². The molecule has 0 aliphatic carbocycles. The molecule has 1 aromatic carbocycles. The average molecular weight is 346 g/mol. The SMILES string of the molecule is O=C(COc1cc(Cl)ccc1Cl)Nc1ccsc1C(=O)O. The number of benzene rings is 1. The Bertz CT molecular complexity index is 687. The van der Waals surface area contributed by atoms with Gasteiger partial charge < -0.3 is 15.2 Å². The number of carbonyl (C=O) groups excluding carboxylic acids is 1. The Labute approximate surface area is 134 Å². The van der Waals surface area contributed by atoms with Gasteiger partial charge in [-0.05, 0) is 23.6 Å². The second-order valence-electron chi connectivity index (χ2n) is 3.88. The fourth-order valence-electron chi connectivity index (χ4n) is 1.49. The predicted octanol–water partition coefficient (Wildman–Crippen LogP) is 3.77. The number of hydrogen-bond acceptors (Lipinski definition) is 4. The van der Waals surface area contributed by atoms with Gasteiger partial charge in [-0.1, -0.05) is 23.2 Å². The molecule has 5 nitrogen and oxygen atoms in total. The number of ether oxygens (including phenoxy) is 1. The minimum Gasteiger partial charge on any atom is -0.482 e. The van der Waals surface area contributed by atoms with Crippen molar-refractivity contribution in [3.05, 3.63) is 44.6 Å². The Kier molecular flexibility index (Phi) is 5.06. The Hall–Kier alpha value is -1.76. The number of aromatic carboxylic acids is 1. The van der Waals surface area contributed by atoms with Crippen molar-refractivity contribution < 1.29 is 19.4 Å². The third-order valence-electron chi connectivity index (χ3n) is 2.39. The van der Waals surface area contributed by atoms with Crippen LogP contribution >= 0.6 is 34.5 Å². The van der Waals surface area contributed by atoms with E-state index in [4.69, 9.17) is 33.0 Å². The van der Waals surface area contributed by atoms with Crippen LogP contribution in [-0.4, -0.2) is 23.6 Å². The summed E-state index contributed by atoms with van der Waals surface area (Å²) in [5, 5.41) is 13.7. The molecule has 8 heteroatoms. The van der Waals surface area contributed by atoms with Gasteiger partial charge in [-0.3, -0.25) is 4.79 Å². The lowest BCUT2D eigenvalue weighted by atomic mass is 10.3. The zero-order chi connectivity index (χ0) is 15.4. The van der Waals surface area contributed by atoms with Gasteiger partial charge in [0.05, 0.1) is 10.7 Å². The minimum absolute atomic E-state index is 0.0594. The number of carboxylic acid groups (broad SMARTS) is 1. The number of thiophene rings is 1. The van der Waals surface area contributed by atoms with Crippen LogP contribution in [0.2, 0.25) is 10.0 Å². The van der Waals surface area contributed by atoms with Gasteiger partial charge in [0.15, 0.2) is 6.61 Å². The molecule has 0 saturated carbocycles. The molecule has 110 valence electrons. The summed E-state index contributed by atoms with van der Waals surface area (Å²) in [5.74, 6) is -1.31. The van der Waals surface area contributed by atoms with Gasteiger partial charge in [0.1, 0.15) is 10.6 Å². The molecule has 2 rings (SSSR count). The summed E-state index contributed by atoms with van der Waals surface area (Å²) in [4.78, 5) is 22.7. The van der Waals surface area contributed by atoms with Crippen molar-refractivity contribution in [2.45, 2.75) is 0 Å². The number of halogens is 2. The second kappa shape index (κ2) is 6.80. The first kappa shape index (κ1) is 15.6. The second-order valence-corrected chi connectivity index (χ2v) is 5.64. The van der Waals surface area contributed by atoms with E-state index in [1.54, 1.807) is 17.5 Å². The van der Waals surface area contributed by atoms with E-state index in [2.05, 4.69) is 5.32 Å². The molecule has 1 amide bonds. The Balaban J connectivity index is 1.98. The number of hydrogen-bond donors (Lipinski definition) is 2. The summed E-state index contributed by atoms with van der Waals surface area (Å²) in [6.45, 7) is -0.311. The largest absolute Gasteiger partial charge is 0.482 e. The molecule has 0 atom stereocenters. The van der Waals surface area contributed by atoms with E-state index in [0.717, 1.165) is 11.3 Å². The maximum atomic E-state index is 11.8. The molecule has 0 fully saturated rings. The molecule has 0 saturated heterocycles. The maximum absolute atomic E-state index is 11.8. The first-order valence-corrected chi connectivity index (χ1v) is 7.29. The topological polar surface area (TPSA) is 75.6 Å². The molecule has 0 aliphatic heterocycles. The summed E-state index contributed by atoms with van der Waals surface area (Å²) in [6.07, 6.45) is 0. The molecule has 0 radical (unpaired) electrons. The summed E-state index contributed by atoms with van der Waals surface area (Å²) in [6, 6.07) is 6.16. The fourth-order valence-corrected chi connectivity index (χ4v) is 2.51. The average Bonchev–Trinajstić information content (AvgIpc) is 2.88. The normalized spacial score (nSPS) is 10.2. The van der Waals surface area contributed by atoms with E-state index in [1.807, 2.05) is 0 Å². The monoisotopic (exact) mass is 345 g/mol. The summed E-state index contributed by atoms with van der Waals surface area (Å²) < 4.78 is 5.26. The Morgan fingerprint density at radius 2 is 2.05 bits per heavy atom. The molecule has 1 aromatic heterocycles. The molecule has 0 aliphatic rings. The van der Waals surface area contributed by atoms with Gasteiger partial charge in [-0.2, -0.15) is 0 Å². The quantitative estimate of drug-likeness (QED) is 0.864. The summed E-state index contributed by atoms with van der Waals surface area (Å²) >= 11 is 12.7. The highest BCUT2D eigenvalue weighted by molar-refractivity contribution is 7.12. The van der Waals surface area contributed by atoms with E-state index in [0.29, 0.717) is 10.0 Å². The lowest BCUT2D eigenvalue weighted by Gasteiger charge is -2.08. The molecule has 0 unspecified atom stereocenters. The van der Waals surface area contributed by atoms with E-state index < -0.39 is 11.9 Å². The van der Waals surface area contributed by atoms with Gasteiger partial charge in [0.25, 0.3) is 5.91 Å². The molecule has 2 N–H and O–H groups in total. The van der Waals surface area contributed by atoms with Gasteiger partial charge >= 0.3 is 5.97 Å². The lowest BCUT2D eigenvalue weighted by Crippen LogP contribution is -2.21. The third kappa shape index (κ3) is 4.10. The number of carbonyl (C=O) groups is 2. The van der Waals surface area contributed by atoms with Crippen LogP contribution in [0.1, 0.15) is 9.67 Å². The fraction of sp³-hybridized carbons (Fsp3) is 0.0769. The van der Waals surface area contributed by atoms with E-state index in [-0.39, 0.29) is 22.9 Å². The molecular weight excluding hydrogens is 337 g/mol. The van der Waals surface area contributed by atoms with Gasteiger partial charge in [0.2, 0.25) is 0 Å². The predicted molar refractivity (Wildman–Crippen MR) is 81.9 cm³/mol. The zero-order valence-electron chi connectivity index (χ0n) is 10.4. The van der Waals surface area contributed by atoms with Gasteiger partial charge in [-0.25, -0.2) is 4.79 Å². The van der Waals surface area contributed by atoms with Gasteiger partial charge in [0, 0.05) is 11.1 Å². The highest BCUT2D eigenvalue weighted by atomic mass is 35.5. The molecule has 2 aromatic rings. The van der Waals surface area contributed by atoms with Crippen molar-refractivity contribution in [1.29, 1.82) is 0 Å². The van der Waals surface area contributed by atoms with Crippen LogP contribution in [0.3, 0.4) is 0 Å². The number of nitrogens with one attached hydrogen (secondary N) is 1. The highest BCUT2D eigenvalue weighted by Gasteiger charge is 2.14. The van der Waals surface area contributed by atoms with Crippen LogP contribution in [-0.2, 0) is 4.79 Å². The number of carboxylic acids is 1. The first-order chi connectivity index (χ1) is 9.97. The number of amides is 1. The van der Waals surface area contributed by atoms with Crippen molar-refractivity contribution in [3.63, 3.8) is 0 Å². The molecule has 0 spiro atoms. The smallest absolute Gasteiger partial charge is 0.348 e. The van der Waals surface area contributed by atoms with Crippen molar-refractivity contribution in [2.24, 2.45) is 0 Å². The lowest BCUT2D eigenvalue weighted by molar-refractivity contribution is -0.118. The molecule has 0 bridgehead atoms. The van der Waals surface area contributed by atoms with Gasteiger partial charge in [-0.15, -0.1) is 11.3 Å². The maximum Gasteiger partial charge on any atom is 0.348 e. The van der Waals surface area contributed by atoms with Crippen LogP contribution < -0.4 is 10.1 Å². The first-order valence-electron chi connectivity index (χ1n) is 5.66.